The Labute approximate surface area is 172 Å². The zero-order chi connectivity index (χ0) is 20.7. The number of hydrogen-bond acceptors (Lipinski definition) is 4. The molecular formula is C22H31N3O2S. The van der Waals surface area contributed by atoms with E-state index in [2.05, 4.69) is 29.4 Å². The molecule has 1 heterocycles. The van der Waals surface area contributed by atoms with E-state index in [0.717, 1.165) is 40.6 Å². The largest absolute Gasteiger partial charge is 0.354 e. The summed E-state index contributed by atoms with van der Waals surface area (Å²) in [7, 11) is 1.78. The summed E-state index contributed by atoms with van der Waals surface area (Å²) in [5.41, 5.74) is 3.88. The Morgan fingerprint density at radius 1 is 1.25 bits per heavy atom. The van der Waals surface area contributed by atoms with E-state index in [4.69, 9.17) is 0 Å². The number of unbranched alkanes of at least 4 members (excludes halogenated alkanes) is 1. The van der Waals surface area contributed by atoms with Gasteiger partial charge in [0, 0.05) is 42.9 Å². The number of thioether (sulfide) groups is 1. The maximum absolute atomic E-state index is 12.8. The van der Waals surface area contributed by atoms with E-state index in [9.17, 15) is 9.59 Å². The van der Waals surface area contributed by atoms with Crippen molar-refractivity contribution in [3.63, 3.8) is 0 Å². The van der Waals surface area contributed by atoms with Gasteiger partial charge < -0.3 is 5.32 Å². The molecular weight excluding hydrogens is 370 g/mol. The van der Waals surface area contributed by atoms with Gasteiger partial charge in [-0.1, -0.05) is 41.6 Å². The molecule has 0 fully saturated rings. The second kappa shape index (κ2) is 10.5. The molecule has 0 aliphatic carbocycles. The van der Waals surface area contributed by atoms with Gasteiger partial charge in [0.15, 0.2) is 5.16 Å². The minimum Gasteiger partial charge on any atom is -0.354 e. The summed E-state index contributed by atoms with van der Waals surface area (Å²) < 4.78 is 1.65. The highest BCUT2D eigenvalue weighted by Crippen LogP contribution is 2.18. The molecule has 2 aromatic rings. The summed E-state index contributed by atoms with van der Waals surface area (Å²) in [6.07, 6.45) is 2.89. The van der Waals surface area contributed by atoms with Crippen LogP contribution in [0.5, 0.6) is 0 Å². The van der Waals surface area contributed by atoms with Crippen LogP contribution in [0.2, 0.25) is 0 Å². The lowest BCUT2D eigenvalue weighted by atomic mass is 10.0. The summed E-state index contributed by atoms with van der Waals surface area (Å²) in [4.78, 5) is 29.2. The number of aryl methyl sites for hydroxylation is 2. The van der Waals surface area contributed by atoms with Crippen LogP contribution in [0.25, 0.3) is 0 Å². The van der Waals surface area contributed by atoms with Crippen molar-refractivity contribution in [1.29, 1.82) is 0 Å². The van der Waals surface area contributed by atoms with Gasteiger partial charge in [0.2, 0.25) is 5.91 Å². The lowest BCUT2D eigenvalue weighted by Gasteiger charge is -2.12. The highest BCUT2D eigenvalue weighted by atomic mass is 32.2. The first-order valence-corrected chi connectivity index (χ1v) is 10.8. The van der Waals surface area contributed by atoms with Crippen molar-refractivity contribution in [3.05, 3.63) is 57.0 Å². The number of aromatic nitrogens is 2. The van der Waals surface area contributed by atoms with Crippen LogP contribution in [0.3, 0.4) is 0 Å². The summed E-state index contributed by atoms with van der Waals surface area (Å²) >= 11 is 1.58. The van der Waals surface area contributed by atoms with Crippen molar-refractivity contribution in [2.24, 2.45) is 7.05 Å². The van der Waals surface area contributed by atoms with Crippen molar-refractivity contribution in [2.45, 2.75) is 64.6 Å². The molecule has 0 spiro atoms. The molecule has 5 nitrogen and oxygen atoms in total. The average molecular weight is 402 g/mol. The third-order valence-corrected chi connectivity index (χ3v) is 5.61. The van der Waals surface area contributed by atoms with Crippen LogP contribution >= 0.6 is 11.8 Å². The molecule has 0 bridgehead atoms. The van der Waals surface area contributed by atoms with Crippen LogP contribution in [-0.2, 0) is 18.3 Å². The Kier molecular flexibility index (Phi) is 8.30. The van der Waals surface area contributed by atoms with Gasteiger partial charge >= 0.3 is 0 Å². The van der Waals surface area contributed by atoms with E-state index in [1.807, 2.05) is 32.9 Å². The maximum Gasteiger partial charge on any atom is 0.257 e. The van der Waals surface area contributed by atoms with Crippen LogP contribution in [0, 0.1) is 13.8 Å². The Balaban J connectivity index is 1.96. The van der Waals surface area contributed by atoms with Crippen molar-refractivity contribution in [1.82, 2.24) is 14.9 Å². The summed E-state index contributed by atoms with van der Waals surface area (Å²) in [5, 5.41) is 3.64. The first-order chi connectivity index (χ1) is 13.3. The average Bonchev–Trinajstić information content (AvgIpc) is 2.62. The number of nitrogens with zero attached hydrogens (tertiary/aromatic N) is 2. The standard InChI is InChI=1S/C22H31N3O2S/c1-15(2)23-20(26)11-6-7-12-28-22-24-17(4)19(21(27)25(22)5)14-18-10-8-9-16(3)13-18/h8-10,13,15H,6-7,11-12,14H2,1-5H3,(H,23,26). The fourth-order valence-electron chi connectivity index (χ4n) is 3.03. The first-order valence-electron chi connectivity index (χ1n) is 9.82. The third kappa shape index (κ3) is 6.51. The molecule has 1 N–H and O–H groups in total. The molecule has 2 rings (SSSR count). The van der Waals surface area contributed by atoms with E-state index in [1.165, 1.54) is 5.56 Å². The zero-order valence-corrected chi connectivity index (χ0v) is 18.4. The highest BCUT2D eigenvalue weighted by Gasteiger charge is 2.13. The highest BCUT2D eigenvalue weighted by molar-refractivity contribution is 7.99. The van der Waals surface area contributed by atoms with Crippen LogP contribution in [0.15, 0.2) is 34.2 Å². The molecule has 0 unspecified atom stereocenters. The molecule has 0 saturated carbocycles. The zero-order valence-electron chi connectivity index (χ0n) is 17.5. The fraction of sp³-hybridized carbons (Fsp3) is 0.500. The number of carbonyl (C=O) groups excluding carboxylic acids is 1. The van der Waals surface area contributed by atoms with Crippen LogP contribution in [0.1, 0.15) is 55.5 Å². The molecule has 152 valence electrons. The lowest BCUT2D eigenvalue weighted by molar-refractivity contribution is -0.121. The number of carbonyl (C=O) groups is 1. The second-order valence-electron chi connectivity index (χ2n) is 7.52. The smallest absolute Gasteiger partial charge is 0.257 e. The molecule has 28 heavy (non-hydrogen) atoms. The van der Waals surface area contributed by atoms with E-state index < -0.39 is 0 Å². The summed E-state index contributed by atoms with van der Waals surface area (Å²) in [6, 6.07) is 8.41. The predicted octanol–water partition coefficient (Wildman–Crippen LogP) is 3.77. The van der Waals surface area contributed by atoms with Gasteiger partial charge in [-0.05, 0) is 46.1 Å². The van der Waals surface area contributed by atoms with E-state index in [1.54, 1.807) is 23.4 Å². The number of nitrogens with one attached hydrogen (secondary N) is 1. The Hall–Kier alpha value is -2.08. The molecule has 1 aromatic carbocycles. The third-order valence-electron chi connectivity index (χ3n) is 4.49. The number of benzene rings is 1. The Morgan fingerprint density at radius 2 is 2.00 bits per heavy atom. The molecule has 0 aliphatic heterocycles. The number of hydrogen-bond donors (Lipinski definition) is 1. The van der Waals surface area contributed by atoms with Crippen molar-refractivity contribution in [2.75, 3.05) is 5.75 Å². The minimum atomic E-state index is 0.0211. The second-order valence-corrected chi connectivity index (χ2v) is 8.58. The molecule has 1 aromatic heterocycles. The van der Waals surface area contributed by atoms with Gasteiger partial charge in [-0.25, -0.2) is 4.98 Å². The number of rotatable bonds is 9. The van der Waals surface area contributed by atoms with Gasteiger partial charge in [0.05, 0.1) is 0 Å². The molecule has 1 amide bonds. The SMILES string of the molecule is Cc1cccc(Cc2c(C)nc(SCCCCC(=O)NC(C)C)n(C)c2=O)c1. The van der Waals surface area contributed by atoms with Crippen LogP contribution in [-0.4, -0.2) is 27.3 Å². The molecule has 0 atom stereocenters. The fourth-order valence-corrected chi connectivity index (χ4v) is 4.04. The van der Waals surface area contributed by atoms with Gasteiger partial charge in [-0.2, -0.15) is 0 Å². The van der Waals surface area contributed by atoms with Crippen LogP contribution < -0.4 is 10.9 Å². The van der Waals surface area contributed by atoms with Gasteiger partial charge in [-0.3, -0.25) is 14.2 Å². The van der Waals surface area contributed by atoms with Crippen LogP contribution in [0.4, 0.5) is 0 Å². The van der Waals surface area contributed by atoms with Gasteiger partial charge in [0.25, 0.3) is 5.56 Å². The Morgan fingerprint density at radius 3 is 2.68 bits per heavy atom. The topological polar surface area (TPSA) is 64.0 Å². The minimum absolute atomic E-state index is 0.0211. The van der Waals surface area contributed by atoms with Crippen molar-refractivity contribution in [3.8, 4) is 0 Å². The van der Waals surface area contributed by atoms with Crippen molar-refractivity contribution >= 4 is 17.7 Å². The summed E-state index contributed by atoms with van der Waals surface area (Å²) in [6.45, 7) is 7.89. The monoisotopic (exact) mass is 401 g/mol. The predicted molar refractivity (Wildman–Crippen MR) is 116 cm³/mol. The summed E-state index contributed by atoms with van der Waals surface area (Å²) in [5.74, 6) is 0.938. The normalized spacial score (nSPS) is 11.1. The number of amides is 1. The van der Waals surface area contributed by atoms with E-state index >= 15 is 0 Å². The molecule has 0 radical (unpaired) electrons. The first kappa shape index (κ1) is 22.2. The maximum atomic E-state index is 12.8. The molecule has 0 aliphatic rings. The molecule has 6 heteroatoms. The van der Waals surface area contributed by atoms with E-state index in [0.29, 0.717) is 12.8 Å². The van der Waals surface area contributed by atoms with Gasteiger partial charge in [0.1, 0.15) is 0 Å². The Bertz CT molecular complexity index is 875. The molecule has 0 saturated heterocycles. The van der Waals surface area contributed by atoms with Crippen molar-refractivity contribution < 1.29 is 4.79 Å². The lowest BCUT2D eigenvalue weighted by Crippen LogP contribution is -2.29. The quantitative estimate of drug-likeness (QED) is 0.395. The van der Waals surface area contributed by atoms with Gasteiger partial charge in [-0.15, -0.1) is 0 Å². The van der Waals surface area contributed by atoms with E-state index in [-0.39, 0.29) is 17.5 Å².